The molecule has 2 heterocycles. The van der Waals surface area contributed by atoms with Crippen molar-refractivity contribution >= 4 is 27.4 Å². The van der Waals surface area contributed by atoms with Crippen molar-refractivity contribution in [3.8, 4) is 11.5 Å². The van der Waals surface area contributed by atoms with Crippen LogP contribution in [0.3, 0.4) is 0 Å². The SMILES string of the molecule is CC(=O)c1cc2c(cc1NC(=O)c1ccc(S(=O)(=O)N3CCCC3)cc1)OCO2. The first-order chi connectivity index (χ1) is 13.9. The zero-order valence-corrected chi connectivity index (χ0v) is 16.6. The maximum Gasteiger partial charge on any atom is 0.255 e. The van der Waals surface area contributed by atoms with E-state index in [1.807, 2.05) is 0 Å². The monoisotopic (exact) mass is 416 g/mol. The van der Waals surface area contributed by atoms with Gasteiger partial charge in [0.2, 0.25) is 16.8 Å². The van der Waals surface area contributed by atoms with E-state index in [0.717, 1.165) is 12.8 Å². The van der Waals surface area contributed by atoms with Gasteiger partial charge < -0.3 is 14.8 Å². The van der Waals surface area contributed by atoms with E-state index in [2.05, 4.69) is 5.32 Å². The molecule has 1 N–H and O–H groups in total. The third kappa shape index (κ3) is 3.70. The molecule has 2 aromatic rings. The summed E-state index contributed by atoms with van der Waals surface area (Å²) in [6.45, 7) is 2.48. The van der Waals surface area contributed by atoms with Crippen molar-refractivity contribution < 1.29 is 27.5 Å². The topological polar surface area (TPSA) is 102 Å². The molecule has 0 spiro atoms. The third-order valence-electron chi connectivity index (χ3n) is 4.96. The Morgan fingerprint density at radius 2 is 1.62 bits per heavy atom. The Morgan fingerprint density at radius 3 is 2.24 bits per heavy atom. The second-order valence-corrected chi connectivity index (χ2v) is 8.83. The Labute approximate surface area is 168 Å². The predicted molar refractivity (Wildman–Crippen MR) is 105 cm³/mol. The van der Waals surface area contributed by atoms with Crippen LogP contribution < -0.4 is 14.8 Å². The molecular weight excluding hydrogens is 396 g/mol. The van der Waals surface area contributed by atoms with E-state index in [0.29, 0.717) is 35.8 Å². The zero-order valence-electron chi connectivity index (χ0n) is 15.8. The molecule has 0 radical (unpaired) electrons. The van der Waals surface area contributed by atoms with Gasteiger partial charge in [0.15, 0.2) is 17.3 Å². The fourth-order valence-corrected chi connectivity index (χ4v) is 4.90. The summed E-state index contributed by atoms with van der Waals surface area (Å²) >= 11 is 0. The number of rotatable bonds is 5. The van der Waals surface area contributed by atoms with Gasteiger partial charge in [0, 0.05) is 30.3 Å². The first-order valence-corrected chi connectivity index (χ1v) is 10.7. The number of ether oxygens (including phenoxy) is 2. The molecular formula is C20H20N2O6S. The minimum Gasteiger partial charge on any atom is -0.454 e. The summed E-state index contributed by atoms with van der Waals surface area (Å²) in [6, 6.07) is 8.84. The minimum absolute atomic E-state index is 0.0526. The lowest BCUT2D eigenvalue weighted by atomic mass is 10.1. The summed E-state index contributed by atoms with van der Waals surface area (Å²) in [7, 11) is -3.54. The number of nitrogens with one attached hydrogen (secondary N) is 1. The predicted octanol–water partition coefficient (Wildman–Crippen LogP) is 2.65. The molecule has 0 atom stereocenters. The smallest absolute Gasteiger partial charge is 0.255 e. The molecule has 1 amide bonds. The fraction of sp³-hybridized carbons (Fsp3) is 0.300. The van der Waals surface area contributed by atoms with Gasteiger partial charge in [0.25, 0.3) is 5.91 Å². The minimum atomic E-state index is -3.54. The van der Waals surface area contributed by atoms with Crippen molar-refractivity contribution in [3.63, 3.8) is 0 Å². The molecule has 0 aliphatic carbocycles. The van der Waals surface area contributed by atoms with E-state index in [1.54, 1.807) is 6.07 Å². The number of Topliss-reactive ketones (excluding diaryl/α,β-unsaturated/α-hetero) is 1. The maximum atomic E-state index is 12.7. The summed E-state index contributed by atoms with van der Waals surface area (Å²) < 4.78 is 37.2. The molecule has 2 aliphatic rings. The highest BCUT2D eigenvalue weighted by atomic mass is 32.2. The van der Waals surface area contributed by atoms with E-state index in [-0.39, 0.29) is 23.0 Å². The standard InChI is InChI=1S/C20H20N2O6S/c1-13(23)16-10-18-19(28-12-27-18)11-17(16)21-20(24)14-4-6-15(7-5-14)29(25,26)22-8-2-3-9-22/h4-7,10-11H,2-3,8-9,12H2,1H3,(H,21,24). The third-order valence-corrected chi connectivity index (χ3v) is 6.87. The summed E-state index contributed by atoms with van der Waals surface area (Å²) in [4.78, 5) is 24.8. The highest BCUT2D eigenvalue weighted by molar-refractivity contribution is 7.89. The van der Waals surface area contributed by atoms with Gasteiger partial charge in [-0.05, 0) is 50.1 Å². The quantitative estimate of drug-likeness (QED) is 0.752. The largest absolute Gasteiger partial charge is 0.454 e. The first-order valence-electron chi connectivity index (χ1n) is 9.22. The maximum absolute atomic E-state index is 12.7. The van der Waals surface area contributed by atoms with Gasteiger partial charge in [-0.15, -0.1) is 0 Å². The van der Waals surface area contributed by atoms with Gasteiger partial charge in [-0.2, -0.15) is 4.31 Å². The van der Waals surface area contributed by atoms with Gasteiger partial charge in [-0.25, -0.2) is 8.42 Å². The normalized spacial score (nSPS) is 16.0. The van der Waals surface area contributed by atoms with Gasteiger partial charge in [0.05, 0.1) is 10.6 Å². The van der Waals surface area contributed by atoms with Crippen molar-refractivity contribution in [1.82, 2.24) is 4.31 Å². The molecule has 0 saturated carbocycles. The van der Waals surface area contributed by atoms with Crippen molar-refractivity contribution in [1.29, 1.82) is 0 Å². The number of hydrogen-bond donors (Lipinski definition) is 1. The Bertz CT molecular complexity index is 1070. The number of benzene rings is 2. The number of nitrogens with zero attached hydrogens (tertiary/aromatic N) is 1. The average Bonchev–Trinajstić information content (AvgIpc) is 3.39. The average molecular weight is 416 g/mol. The van der Waals surface area contributed by atoms with Crippen LogP contribution in [-0.2, 0) is 10.0 Å². The molecule has 8 nitrogen and oxygen atoms in total. The summed E-state index contributed by atoms with van der Waals surface area (Å²) in [5, 5.41) is 2.70. The summed E-state index contributed by atoms with van der Waals surface area (Å²) in [5.41, 5.74) is 0.883. The molecule has 29 heavy (non-hydrogen) atoms. The van der Waals surface area contributed by atoms with Gasteiger partial charge >= 0.3 is 0 Å². The van der Waals surface area contributed by atoms with E-state index in [4.69, 9.17) is 9.47 Å². The number of sulfonamides is 1. The first kappa shape index (κ1) is 19.4. The molecule has 0 bridgehead atoms. The molecule has 0 aromatic heterocycles. The van der Waals surface area contributed by atoms with E-state index < -0.39 is 15.9 Å². The Balaban J connectivity index is 1.56. The van der Waals surface area contributed by atoms with Crippen LogP contribution in [-0.4, -0.2) is 44.3 Å². The van der Waals surface area contributed by atoms with E-state index in [9.17, 15) is 18.0 Å². The number of ketones is 1. The number of carbonyl (C=O) groups excluding carboxylic acids is 2. The van der Waals surface area contributed by atoms with Crippen molar-refractivity contribution in [2.45, 2.75) is 24.7 Å². The Kier molecular flexibility index (Phi) is 5.01. The van der Waals surface area contributed by atoms with Crippen LogP contribution in [0.2, 0.25) is 0 Å². The number of anilines is 1. The lowest BCUT2D eigenvalue weighted by Crippen LogP contribution is -2.27. The molecule has 1 fully saturated rings. The van der Waals surface area contributed by atoms with Crippen LogP contribution in [0.15, 0.2) is 41.3 Å². The molecule has 1 saturated heterocycles. The Morgan fingerprint density at radius 1 is 1.00 bits per heavy atom. The lowest BCUT2D eigenvalue weighted by molar-refractivity contribution is 0.101. The molecule has 2 aliphatic heterocycles. The fourth-order valence-electron chi connectivity index (χ4n) is 3.39. The second-order valence-electron chi connectivity index (χ2n) is 6.90. The van der Waals surface area contributed by atoms with Crippen LogP contribution in [0.5, 0.6) is 11.5 Å². The summed E-state index contributed by atoms with van der Waals surface area (Å²) in [6.07, 6.45) is 1.71. The van der Waals surface area contributed by atoms with Crippen molar-refractivity contribution in [2.24, 2.45) is 0 Å². The van der Waals surface area contributed by atoms with Crippen molar-refractivity contribution in [3.05, 3.63) is 47.5 Å². The van der Waals surface area contributed by atoms with Crippen LogP contribution in [0.4, 0.5) is 5.69 Å². The van der Waals surface area contributed by atoms with E-state index >= 15 is 0 Å². The second kappa shape index (κ2) is 7.49. The lowest BCUT2D eigenvalue weighted by Gasteiger charge is -2.15. The van der Waals surface area contributed by atoms with Crippen LogP contribution in [0.25, 0.3) is 0 Å². The molecule has 4 rings (SSSR count). The molecule has 2 aromatic carbocycles. The van der Waals surface area contributed by atoms with Crippen LogP contribution in [0, 0.1) is 0 Å². The van der Waals surface area contributed by atoms with Gasteiger partial charge in [-0.3, -0.25) is 9.59 Å². The number of carbonyl (C=O) groups is 2. The number of amides is 1. The Hall–Kier alpha value is -2.91. The number of hydrogen-bond acceptors (Lipinski definition) is 6. The highest BCUT2D eigenvalue weighted by Crippen LogP contribution is 2.37. The molecule has 152 valence electrons. The van der Waals surface area contributed by atoms with Crippen molar-refractivity contribution in [2.75, 3.05) is 25.2 Å². The van der Waals surface area contributed by atoms with E-state index in [1.165, 1.54) is 41.6 Å². The van der Waals surface area contributed by atoms with Gasteiger partial charge in [0.1, 0.15) is 0 Å². The molecule has 0 unspecified atom stereocenters. The zero-order chi connectivity index (χ0) is 20.6. The van der Waals surface area contributed by atoms with Gasteiger partial charge in [-0.1, -0.05) is 0 Å². The number of fused-ring (bicyclic) bond motifs is 1. The van der Waals surface area contributed by atoms with Crippen LogP contribution >= 0.6 is 0 Å². The summed E-state index contributed by atoms with van der Waals surface area (Å²) in [5.74, 6) is 0.198. The molecule has 9 heteroatoms. The van der Waals surface area contributed by atoms with Crippen LogP contribution in [0.1, 0.15) is 40.5 Å². The highest BCUT2D eigenvalue weighted by Gasteiger charge is 2.27.